The van der Waals surface area contributed by atoms with Crippen LogP contribution in [0.4, 0.5) is 0 Å². The molecule has 1 heterocycles. The minimum atomic E-state index is -0.719. The molecule has 2 atom stereocenters. The molecule has 0 aromatic rings. The van der Waals surface area contributed by atoms with Crippen molar-refractivity contribution in [3.05, 3.63) is 0 Å². The number of hydrogen-bond donors (Lipinski definition) is 1. The number of hydrogen-bond acceptors (Lipinski definition) is 3. The molecule has 2 unspecified atom stereocenters. The first-order chi connectivity index (χ1) is 7.04. The summed E-state index contributed by atoms with van der Waals surface area (Å²) in [6, 6.07) is 1.00. The highest BCUT2D eigenvalue weighted by molar-refractivity contribution is 5.69. The van der Waals surface area contributed by atoms with Gasteiger partial charge in [0.05, 0.1) is 6.54 Å². The molecule has 0 aromatic heterocycles. The Morgan fingerprint density at radius 3 is 2.73 bits per heavy atom. The molecule has 15 heavy (non-hydrogen) atoms. The molecule has 0 aromatic carbocycles. The Hall–Kier alpha value is -0.610. The van der Waals surface area contributed by atoms with Crippen molar-refractivity contribution < 1.29 is 9.90 Å². The Labute approximate surface area is 91.9 Å². The lowest BCUT2D eigenvalue weighted by Gasteiger charge is -2.39. The lowest BCUT2D eigenvalue weighted by Crippen LogP contribution is -2.48. The second-order valence-electron chi connectivity index (χ2n) is 4.46. The molecule has 88 valence electrons. The molecule has 1 aliphatic heterocycles. The van der Waals surface area contributed by atoms with Crippen LogP contribution in [0.1, 0.15) is 26.7 Å². The summed E-state index contributed by atoms with van der Waals surface area (Å²) >= 11 is 0. The van der Waals surface area contributed by atoms with E-state index in [1.54, 1.807) is 0 Å². The molecule has 0 saturated carbocycles. The quantitative estimate of drug-likeness (QED) is 0.754. The van der Waals surface area contributed by atoms with Crippen molar-refractivity contribution >= 4 is 5.97 Å². The van der Waals surface area contributed by atoms with E-state index in [-0.39, 0.29) is 6.54 Å². The van der Waals surface area contributed by atoms with Crippen LogP contribution in [-0.4, -0.2) is 59.6 Å². The normalized spacial score (nSPS) is 28.3. The lowest BCUT2D eigenvalue weighted by atomic mass is 9.97. The van der Waals surface area contributed by atoms with Gasteiger partial charge in [-0.25, -0.2) is 0 Å². The Kier molecular flexibility index (Phi) is 4.54. The summed E-state index contributed by atoms with van der Waals surface area (Å²) in [4.78, 5) is 15.1. The molecule has 1 saturated heterocycles. The van der Waals surface area contributed by atoms with Gasteiger partial charge >= 0.3 is 5.97 Å². The van der Waals surface area contributed by atoms with Crippen LogP contribution >= 0.6 is 0 Å². The molecule has 4 heteroatoms. The number of piperidine rings is 1. The van der Waals surface area contributed by atoms with Gasteiger partial charge in [0.25, 0.3) is 0 Å². The Morgan fingerprint density at radius 2 is 2.27 bits per heavy atom. The van der Waals surface area contributed by atoms with Gasteiger partial charge < -0.3 is 10.0 Å². The maximum Gasteiger partial charge on any atom is 0.317 e. The average molecular weight is 214 g/mol. The summed E-state index contributed by atoms with van der Waals surface area (Å²) in [5.74, 6) is -0.719. The second kappa shape index (κ2) is 5.47. The molecule has 1 rings (SSSR count). The van der Waals surface area contributed by atoms with Crippen molar-refractivity contribution in [1.82, 2.24) is 9.80 Å². The van der Waals surface area contributed by atoms with Gasteiger partial charge in [-0.3, -0.25) is 9.69 Å². The minimum absolute atomic E-state index is 0.178. The molecule has 0 spiro atoms. The summed E-state index contributed by atoms with van der Waals surface area (Å²) in [5.41, 5.74) is 0. The molecule has 4 nitrogen and oxygen atoms in total. The lowest BCUT2D eigenvalue weighted by molar-refractivity contribution is -0.139. The van der Waals surface area contributed by atoms with Crippen molar-refractivity contribution in [1.29, 1.82) is 0 Å². The van der Waals surface area contributed by atoms with Crippen LogP contribution in [0.2, 0.25) is 0 Å². The maximum absolute atomic E-state index is 10.7. The third kappa shape index (κ3) is 3.47. The van der Waals surface area contributed by atoms with Crippen molar-refractivity contribution in [3.8, 4) is 0 Å². The van der Waals surface area contributed by atoms with Crippen LogP contribution in [0, 0.1) is 0 Å². The highest BCUT2D eigenvalue weighted by Crippen LogP contribution is 2.20. The largest absolute Gasteiger partial charge is 0.480 e. The van der Waals surface area contributed by atoms with E-state index < -0.39 is 5.97 Å². The number of likely N-dealkylation sites (N-methyl/N-ethyl adjacent to an activating group) is 1. The van der Waals surface area contributed by atoms with Crippen molar-refractivity contribution in [3.63, 3.8) is 0 Å². The number of carbonyl (C=O) groups is 1. The minimum Gasteiger partial charge on any atom is -0.480 e. The van der Waals surface area contributed by atoms with E-state index in [4.69, 9.17) is 5.11 Å². The van der Waals surface area contributed by atoms with Crippen LogP contribution < -0.4 is 0 Å². The van der Waals surface area contributed by atoms with Crippen molar-refractivity contribution in [2.45, 2.75) is 38.8 Å². The zero-order chi connectivity index (χ0) is 11.4. The third-order valence-electron chi connectivity index (χ3n) is 3.44. The Morgan fingerprint density at radius 1 is 1.60 bits per heavy atom. The predicted molar refractivity (Wildman–Crippen MR) is 60.0 cm³/mol. The molecule has 0 bridgehead atoms. The fourth-order valence-electron chi connectivity index (χ4n) is 2.27. The number of nitrogens with zero attached hydrogens (tertiary/aromatic N) is 2. The first kappa shape index (κ1) is 12.5. The Balaban J connectivity index is 2.50. The van der Waals surface area contributed by atoms with E-state index in [1.807, 2.05) is 6.92 Å². The molecule has 1 N–H and O–H groups in total. The fraction of sp³-hybridized carbons (Fsp3) is 0.909. The maximum atomic E-state index is 10.7. The zero-order valence-electron chi connectivity index (χ0n) is 9.94. The molecule has 1 aliphatic rings. The van der Waals surface area contributed by atoms with Gasteiger partial charge in [-0.2, -0.15) is 0 Å². The van der Waals surface area contributed by atoms with E-state index in [0.717, 1.165) is 25.9 Å². The molecular formula is C11H22N2O2. The van der Waals surface area contributed by atoms with Crippen LogP contribution in [0.3, 0.4) is 0 Å². The SMILES string of the molecule is CCN(CC(=O)O)C1CCN(C)C(C)C1. The van der Waals surface area contributed by atoms with E-state index in [1.165, 1.54) is 0 Å². The summed E-state index contributed by atoms with van der Waals surface area (Å²) in [6.45, 7) is 6.32. The first-order valence-corrected chi connectivity index (χ1v) is 5.70. The number of carboxylic acid groups (broad SMARTS) is 1. The van der Waals surface area contributed by atoms with E-state index in [9.17, 15) is 4.79 Å². The predicted octanol–water partition coefficient (Wildman–Crippen LogP) is 0.876. The summed E-state index contributed by atoms with van der Waals surface area (Å²) in [5, 5.41) is 8.81. The Bertz CT molecular complexity index is 221. The summed E-state index contributed by atoms with van der Waals surface area (Å²) in [6.07, 6.45) is 2.17. The number of likely N-dealkylation sites (tertiary alicyclic amines) is 1. The van der Waals surface area contributed by atoms with E-state index >= 15 is 0 Å². The fourth-order valence-corrected chi connectivity index (χ4v) is 2.27. The number of carboxylic acids is 1. The van der Waals surface area contributed by atoms with Gasteiger partial charge in [0.1, 0.15) is 0 Å². The highest BCUT2D eigenvalue weighted by atomic mass is 16.4. The first-order valence-electron chi connectivity index (χ1n) is 5.70. The number of aliphatic carboxylic acids is 1. The van der Waals surface area contributed by atoms with E-state index in [0.29, 0.717) is 12.1 Å². The number of rotatable bonds is 4. The van der Waals surface area contributed by atoms with Crippen molar-refractivity contribution in [2.24, 2.45) is 0 Å². The topological polar surface area (TPSA) is 43.8 Å². The average Bonchev–Trinajstić information content (AvgIpc) is 2.18. The van der Waals surface area contributed by atoms with Gasteiger partial charge in [0.15, 0.2) is 0 Å². The van der Waals surface area contributed by atoms with Gasteiger partial charge in [-0.15, -0.1) is 0 Å². The monoisotopic (exact) mass is 214 g/mol. The summed E-state index contributed by atoms with van der Waals surface area (Å²) in [7, 11) is 2.13. The molecule has 0 radical (unpaired) electrons. The molecule has 0 aliphatic carbocycles. The van der Waals surface area contributed by atoms with Crippen molar-refractivity contribution in [2.75, 3.05) is 26.7 Å². The van der Waals surface area contributed by atoms with Gasteiger partial charge in [-0.1, -0.05) is 6.92 Å². The van der Waals surface area contributed by atoms with Crippen LogP contribution in [0.25, 0.3) is 0 Å². The van der Waals surface area contributed by atoms with Crippen LogP contribution in [0.5, 0.6) is 0 Å². The highest BCUT2D eigenvalue weighted by Gasteiger charge is 2.27. The van der Waals surface area contributed by atoms with Crippen LogP contribution in [0.15, 0.2) is 0 Å². The smallest absolute Gasteiger partial charge is 0.317 e. The molecular weight excluding hydrogens is 192 g/mol. The molecule has 1 fully saturated rings. The zero-order valence-corrected chi connectivity index (χ0v) is 9.94. The van der Waals surface area contributed by atoms with Gasteiger partial charge in [0, 0.05) is 12.1 Å². The third-order valence-corrected chi connectivity index (χ3v) is 3.44. The summed E-state index contributed by atoms with van der Waals surface area (Å²) < 4.78 is 0. The van der Waals surface area contributed by atoms with E-state index in [2.05, 4.69) is 23.8 Å². The molecule has 0 amide bonds. The van der Waals surface area contributed by atoms with Crippen LogP contribution in [-0.2, 0) is 4.79 Å². The second-order valence-corrected chi connectivity index (χ2v) is 4.46. The van der Waals surface area contributed by atoms with Gasteiger partial charge in [0.2, 0.25) is 0 Å². The standard InChI is InChI=1S/C11H22N2O2/c1-4-13(8-11(14)15)10-5-6-12(3)9(2)7-10/h9-10H,4-8H2,1-3H3,(H,14,15). The van der Waals surface area contributed by atoms with Gasteiger partial charge in [-0.05, 0) is 39.9 Å².